The van der Waals surface area contributed by atoms with Crippen molar-refractivity contribution in [2.75, 3.05) is 26.2 Å². The van der Waals surface area contributed by atoms with E-state index in [0.29, 0.717) is 0 Å². The minimum absolute atomic E-state index is 0.181. The van der Waals surface area contributed by atoms with Gasteiger partial charge in [0.05, 0.1) is 5.69 Å². The van der Waals surface area contributed by atoms with E-state index in [2.05, 4.69) is 15.2 Å². The summed E-state index contributed by atoms with van der Waals surface area (Å²) in [5.74, 6) is -0.938. The molecule has 1 aromatic heterocycles. The molecule has 0 aromatic carbocycles. The highest BCUT2D eigenvalue weighted by molar-refractivity contribution is 7.11. The van der Waals surface area contributed by atoms with Crippen molar-refractivity contribution in [3.05, 3.63) is 16.1 Å². The Labute approximate surface area is 91.7 Å². The Hall–Kier alpha value is -0.980. The fraction of sp³-hybridized carbons (Fsp3) is 0.556. The van der Waals surface area contributed by atoms with E-state index in [1.165, 1.54) is 11.3 Å². The van der Waals surface area contributed by atoms with Crippen LogP contribution in [0.1, 0.15) is 15.5 Å². The molecule has 6 heteroatoms. The highest BCUT2D eigenvalue weighted by atomic mass is 32.1. The summed E-state index contributed by atoms with van der Waals surface area (Å²) < 4.78 is 0. The zero-order valence-corrected chi connectivity index (χ0v) is 9.09. The molecule has 0 unspecified atom stereocenters. The summed E-state index contributed by atoms with van der Waals surface area (Å²) in [6.07, 6.45) is 0. The van der Waals surface area contributed by atoms with Crippen LogP contribution in [0.15, 0.2) is 5.38 Å². The van der Waals surface area contributed by atoms with Gasteiger partial charge in [-0.3, -0.25) is 4.90 Å². The average molecular weight is 227 g/mol. The molecule has 82 valence electrons. The van der Waals surface area contributed by atoms with Crippen LogP contribution in [0.2, 0.25) is 0 Å². The Morgan fingerprint density at radius 2 is 2.33 bits per heavy atom. The zero-order chi connectivity index (χ0) is 10.7. The van der Waals surface area contributed by atoms with Crippen LogP contribution < -0.4 is 5.32 Å². The predicted molar refractivity (Wildman–Crippen MR) is 57.2 cm³/mol. The number of aromatic nitrogens is 1. The predicted octanol–water partition coefficient (Wildman–Crippen LogP) is 0.246. The molecule has 1 saturated heterocycles. The number of piperazine rings is 1. The number of nitrogens with zero attached hydrogens (tertiary/aromatic N) is 2. The molecule has 0 atom stereocenters. The van der Waals surface area contributed by atoms with E-state index in [1.807, 2.05) is 5.38 Å². The van der Waals surface area contributed by atoms with E-state index in [1.54, 1.807) is 0 Å². The van der Waals surface area contributed by atoms with Gasteiger partial charge in [0.25, 0.3) is 0 Å². The van der Waals surface area contributed by atoms with E-state index < -0.39 is 5.97 Å². The number of carbonyl (C=O) groups is 1. The van der Waals surface area contributed by atoms with E-state index in [9.17, 15) is 4.79 Å². The first-order valence-electron chi connectivity index (χ1n) is 4.86. The van der Waals surface area contributed by atoms with Gasteiger partial charge in [0.1, 0.15) is 0 Å². The average Bonchev–Trinajstić information content (AvgIpc) is 2.68. The Morgan fingerprint density at radius 1 is 1.60 bits per heavy atom. The molecular formula is C9H13N3O2S. The molecule has 0 spiro atoms. The standard InChI is InChI=1S/C9H13N3O2S/c13-9(14)8-11-7(6-15-8)5-12-3-1-10-2-4-12/h6,10H,1-5H2,(H,13,14). The molecule has 0 radical (unpaired) electrons. The van der Waals surface area contributed by atoms with E-state index in [4.69, 9.17) is 5.11 Å². The fourth-order valence-corrected chi connectivity index (χ4v) is 2.22. The molecule has 1 aromatic rings. The van der Waals surface area contributed by atoms with Gasteiger partial charge in [-0.25, -0.2) is 9.78 Å². The maximum atomic E-state index is 10.6. The van der Waals surface area contributed by atoms with Crippen molar-refractivity contribution < 1.29 is 9.90 Å². The fourth-order valence-electron chi connectivity index (χ4n) is 1.58. The van der Waals surface area contributed by atoms with Crippen LogP contribution in [-0.4, -0.2) is 47.1 Å². The van der Waals surface area contributed by atoms with Crippen molar-refractivity contribution in [2.45, 2.75) is 6.54 Å². The lowest BCUT2D eigenvalue weighted by Gasteiger charge is -2.26. The molecule has 5 nitrogen and oxygen atoms in total. The minimum atomic E-state index is -0.938. The molecule has 1 aliphatic heterocycles. The topological polar surface area (TPSA) is 65.5 Å². The summed E-state index contributed by atoms with van der Waals surface area (Å²) in [6.45, 7) is 4.75. The summed E-state index contributed by atoms with van der Waals surface area (Å²) in [4.78, 5) is 17.0. The highest BCUT2D eigenvalue weighted by Crippen LogP contribution is 2.11. The third-order valence-corrected chi connectivity index (χ3v) is 3.21. The number of nitrogens with one attached hydrogen (secondary N) is 1. The Kier molecular flexibility index (Phi) is 3.30. The van der Waals surface area contributed by atoms with Crippen LogP contribution in [0.4, 0.5) is 0 Å². The quantitative estimate of drug-likeness (QED) is 0.774. The van der Waals surface area contributed by atoms with Crippen LogP contribution >= 0.6 is 11.3 Å². The van der Waals surface area contributed by atoms with Crippen molar-refractivity contribution in [3.63, 3.8) is 0 Å². The van der Waals surface area contributed by atoms with Crippen LogP contribution in [0.3, 0.4) is 0 Å². The van der Waals surface area contributed by atoms with E-state index in [0.717, 1.165) is 38.4 Å². The first-order chi connectivity index (χ1) is 7.25. The van der Waals surface area contributed by atoms with Gasteiger partial charge in [-0.05, 0) is 0 Å². The summed E-state index contributed by atoms with van der Waals surface area (Å²) in [7, 11) is 0. The Bertz CT molecular complexity index is 347. The maximum absolute atomic E-state index is 10.6. The number of aromatic carboxylic acids is 1. The molecule has 15 heavy (non-hydrogen) atoms. The van der Waals surface area contributed by atoms with Crippen molar-refractivity contribution in [1.82, 2.24) is 15.2 Å². The Balaban J connectivity index is 1.94. The summed E-state index contributed by atoms with van der Waals surface area (Å²) in [5, 5.41) is 14.0. The van der Waals surface area contributed by atoms with Gasteiger partial charge in [-0.1, -0.05) is 0 Å². The molecule has 0 saturated carbocycles. The van der Waals surface area contributed by atoms with Gasteiger partial charge in [0.2, 0.25) is 5.01 Å². The van der Waals surface area contributed by atoms with Gasteiger partial charge in [-0.2, -0.15) is 0 Å². The SMILES string of the molecule is O=C(O)c1nc(CN2CCNCC2)cs1. The van der Waals surface area contributed by atoms with Crippen molar-refractivity contribution >= 4 is 17.3 Å². The van der Waals surface area contributed by atoms with Gasteiger partial charge >= 0.3 is 5.97 Å². The zero-order valence-electron chi connectivity index (χ0n) is 8.27. The molecule has 2 heterocycles. The second-order valence-electron chi connectivity index (χ2n) is 3.48. The maximum Gasteiger partial charge on any atom is 0.365 e. The highest BCUT2D eigenvalue weighted by Gasteiger charge is 2.13. The van der Waals surface area contributed by atoms with Gasteiger partial charge < -0.3 is 10.4 Å². The van der Waals surface area contributed by atoms with E-state index in [-0.39, 0.29) is 5.01 Å². The number of rotatable bonds is 3. The smallest absolute Gasteiger partial charge is 0.365 e. The lowest BCUT2D eigenvalue weighted by Crippen LogP contribution is -2.42. The minimum Gasteiger partial charge on any atom is -0.476 e. The lowest BCUT2D eigenvalue weighted by atomic mass is 10.3. The molecule has 0 amide bonds. The third kappa shape index (κ3) is 2.74. The van der Waals surface area contributed by atoms with Gasteiger partial charge in [-0.15, -0.1) is 11.3 Å². The second kappa shape index (κ2) is 4.69. The number of carboxylic acid groups (broad SMARTS) is 1. The van der Waals surface area contributed by atoms with Crippen molar-refractivity contribution in [2.24, 2.45) is 0 Å². The normalized spacial score (nSPS) is 17.9. The van der Waals surface area contributed by atoms with Crippen LogP contribution in [0.25, 0.3) is 0 Å². The second-order valence-corrected chi connectivity index (χ2v) is 4.33. The van der Waals surface area contributed by atoms with Crippen LogP contribution in [0.5, 0.6) is 0 Å². The monoisotopic (exact) mass is 227 g/mol. The number of hydrogen-bond donors (Lipinski definition) is 2. The molecule has 0 aliphatic carbocycles. The molecular weight excluding hydrogens is 214 g/mol. The van der Waals surface area contributed by atoms with E-state index >= 15 is 0 Å². The molecule has 2 rings (SSSR count). The van der Waals surface area contributed by atoms with Crippen molar-refractivity contribution in [1.29, 1.82) is 0 Å². The summed E-state index contributed by atoms with van der Waals surface area (Å²) >= 11 is 1.19. The number of thiazole rings is 1. The van der Waals surface area contributed by atoms with Gasteiger partial charge in [0, 0.05) is 38.1 Å². The summed E-state index contributed by atoms with van der Waals surface area (Å²) in [6, 6.07) is 0. The molecule has 0 bridgehead atoms. The molecule has 1 aliphatic rings. The molecule has 2 N–H and O–H groups in total. The van der Waals surface area contributed by atoms with Crippen LogP contribution in [0, 0.1) is 0 Å². The molecule has 1 fully saturated rings. The summed E-state index contributed by atoms with van der Waals surface area (Å²) in [5.41, 5.74) is 0.860. The van der Waals surface area contributed by atoms with Crippen LogP contribution in [-0.2, 0) is 6.54 Å². The number of carboxylic acids is 1. The van der Waals surface area contributed by atoms with Gasteiger partial charge in [0.15, 0.2) is 0 Å². The Morgan fingerprint density at radius 3 is 2.93 bits per heavy atom. The first kappa shape index (κ1) is 10.5. The lowest BCUT2D eigenvalue weighted by molar-refractivity contribution is 0.0696. The third-order valence-electron chi connectivity index (χ3n) is 2.33. The van der Waals surface area contributed by atoms with Crippen molar-refractivity contribution in [3.8, 4) is 0 Å². The first-order valence-corrected chi connectivity index (χ1v) is 5.74. The number of hydrogen-bond acceptors (Lipinski definition) is 5. The largest absolute Gasteiger partial charge is 0.476 e.